The molecule has 0 aromatic rings. The molecule has 14 heavy (non-hydrogen) atoms. The number of hydrogen-bond donors (Lipinski definition) is 1. The van der Waals surface area contributed by atoms with Crippen molar-refractivity contribution in [3.8, 4) is 0 Å². The number of carbonyl (C=O) groups excluding carboxylic acids is 2. The molecule has 0 radical (unpaired) electrons. The van der Waals surface area contributed by atoms with Gasteiger partial charge in [-0.1, -0.05) is 19.4 Å². The molecule has 2 unspecified atom stereocenters. The number of azo groups is 1. The number of carbonyl (C=O) groups is 2. The Hall–Kier alpha value is -1.52. The highest BCUT2D eigenvalue weighted by Crippen LogP contribution is 2.24. The van der Waals surface area contributed by atoms with Gasteiger partial charge in [0.2, 0.25) is 5.91 Å². The Balaban J connectivity index is 2.69. The van der Waals surface area contributed by atoms with Gasteiger partial charge in [0, 0.05) is 12.6 Å². The van der Waals surface area contributed by atoms with Crippen molar-refractivity contribution < 1.29 is 9.59 Å². The van der Waals surface area contributed by atoms with Gasteiger partial charge in [0.15, 0.2) is 0 Å². The van der Waals surface area contributed by atoms with Gasteiger partial charge < -0.3 is 5.73 Å². The van der Waals surface area contributed by atoms with Crippen LogP contribution in [-0.4, -0.2) is 11.8 Å². The van der Waals surface area contributed by atoms with E-state index >= 15 is 0 Å². The normalized spacial score (nSPS) is 22.4. The van der Waals surface area contributed by atoms with Crippen LogP contribution in [-0.2, 0) is 9.59 Å². The first kappa shape index (κ1) is 10.6. The maximum absolute atomic E-state index is 11.3. The highest BCUT2D eigenvalue weighted by Gasteiger charge is 2.27. The van der Waals surface area contributed by atoms with Crippen molar-refractivity contribution in [1.82, 2.24) is 0 Å². The minimum absolute atomic E-state index is 0.0597. The van der Waals surface area contributed by atoms with Crippen molar-refractivity contribution in [2.24, 2.45) is 27.8 Å². The Morgan fingerprint density at radius 1 is 1.71 bits per heavy atom. The number of rotatable bonds is 4. The summed E-state index contributed by atoms with van der Waals surface area (Å²) in [5.74, 6) is -1.08. The van der Waals surface area contributed by atoms with Crippen molar-refractivity contribution in [2.75, 3.05) is 0 Å². The molecular weight excluding hydrogens is 182 g/mol. The van der Waals surface area contributed by atoms with E-state index < -0.39 is 0 Å². The van der Waals surface area contributed by atoms with Gasteiger partial charge >= 0.3 is 0 Å². The van der Waals surface area contributed by atoms with Crippen LogP contribution in [0.4, 0.5) is 0 Å². The average Bonchev–Trinajstić information content (AvgIpc) is 2.15. The third-order valence-electron chi connectivity index (χ3n) is 2.30. The molecule has 5 heteroatoms. The fourth-order valence-electron chi connectivity index (χ4n) is 1.51. The lowest BCUT2D eigenvalue weighted by Crippen LogP contribution is -2.26. The molecule has 0 bridgehead atoms. The van der Waals surface area contributed by atoms with E-state index in [4.69, 9.17) is 5.73 Å². The smallest absolute Gasteiger partial charge is 0.271 e. The molecule has 0 spiro atoms. The predicted molar refractivity (Wildman–Crippen MR) is 50.1 cm³/mol. The Morgan fingerprint density at radius 2 is 2.43 bits per heavy atom. The standard InChI is InChI=1S/C9H13N3O2/c1-2-6(5-8(10)13)7-3-4-11-12-9(7)14/h3-4,6-7H,2,5H2,1H3,(H2,10,13). The molecule has 5 nitrogen and oxygen atoms in total. The lowest BCUT2D eigenvalue weighted by atomic mass is 9.86. The van der Waals surface area contributed by atoms with Gasteiger partial charge in [-0.2, -0.15) is 5.11 Å². The molecule has 2 atom stereocenters. The minimum Gasteiger partial charge on any atom is -0.370 e. The van der Waals surface area contributed by atoms with Crippen LogP contribution in [0.2, 0.25) is 0 Å². The first-order valence-corrected chi connectivity index (χ1v) is 4.54. The van der Waals surface area contributed by atoms with Gasteiger partial charge in [-0.15, -0.1) is 5.11 Å². The van der Waals surface area contributed by atoms with Gasteiger partial charge in [0.1, 0.15) is 0 Å². The average molecular weight is 195 g/mol. The third kappa shape index (κ3) is 2.48. The number of nitrogens with two attached hydrogens (primary N) is 1. The maximum atomic E-state index is 11.3. The summed E-state index contributed by atoms with van der Waals surface area (Å²) in [5, 5.41) is 6.92. The number of amides is 2. The van der Waals surface area contributed by atoms with E-state index in [1.807, 2.05) is 6.92 Å². The Morgan fingerprint density at radius 3 is 2.93 bits per heavy atom. The van der Waals surface area contributed by atoms with Gasteiger partial charge in [0.25, 0.3) is 5.91 Å². The second kappa shape index (κ2) is 4.64. The lowest BCUT2D eigenvalue weighted by Gasteiger charge is -2.19. The van der Waals surface area contributed by atoms with Crippen molar-refractivity contribution in [1.29, 1.82) is 0 Å². The van der Waals surface area contributed by atoms with Crippen LogP contribution in [0.15, 0.2) is 22.5 Å². The monoisotopic (exact) mass is 195 g/mol. The summed E-state index contributed by atoms with van der Waals surface area (Å²) in [6.45, 7) is 1.92. The molecule has 0 saturated carbocycles. The molecule has 1 aliphatic heterocycles. The second-order valence-corrected chi connectivity index (χ2v) is 3.26. The Bertz CT molecular complexity index is 296. The van der Waals surface area contributed by atoms with E-state index in [1.54, 1.807) is 6.08 Å². The number of nitrogens with zero attached hydrogens (tertiary/aromatic N) is 2. The fraction of sp³-hybridized carbons (Fsp3) is 0.556. The summed E-state index contributed by atoms with van der Waals surface area (Å²) in [6, 6.07) is 0. The molecule has 0 saturated heterocycles. The van der Waals surface area contributed by atoms with Crippen molar-refractivity contribution in [3.05, 3.63) is 12.3 Å². The van der Waals surface area contributed by atoms with E-state index in [-0.39, 0.29) is 30.1 Å². The van der Waals surface area contributed by atoms with Crippen molar-refractivity contribution >= 4 is 11.8 Å². The van der Waals surface area contributed by atoms with Crippen molar-refractivity contribution in [3.63, 3.8) is 0 Å². The van der Waals surface area contributed by atoms with Gasteiger partial charge in [-0.25, -0.2) is 0 Å². The van der Waals surface area contributed by atoms with Gasteiger partial charge in [0.05, 0.1) is 5.92 Å². The zero-order valence-corrected chi connectivity index (χ0v) is 8.01. The second-order valence-electron chi connectivity index (χ2n) is 3.26. The zero-order chi connectivity index (χ0) is 10.6. The van der Waals surface area contributed by atoms with E-state index in [0.717, 1.165) is 6.42 Å². The van der Waals surface area contributed by atoms with Crippen LogP contribution in [0.1, 0.15) is 19.8 Å². The van der Waals surface area contributed by atoms with Crippen LogP contribution in [0, 0.1) is 11.8 Å². The minimum atomic E-state index is -0.388. The van der Waals surface area contributed by atoms with Gasteiger partial charge in [-0.05, 0) is 5.92 Å². The van der Waals surface area contributed by atoms with Crippen LogP contribution < -0.4 is 5.73 Å². The highest BCUT2D eigenvalue weighted by molar-refractivity contribution is 5.83. The molecule has 0 aliphatic carbocycles. The first-order valence-electron chi connectivity index (χ1n) is 4.54. The molecule has 1 heterocycles. The van der Waals surface area contributed by atoms with E-state index in [0.29, 0.717) is 0 Å². The van der Waals surface area contributed by atoms with E-state index in [2.05, 4.69) is 10.2 Å². The summed E-state index contributed by atoms with van der Waals surface area (Å²) in [7, 11) is 0. The van der Waals surface area contributed by atoms with Crippen LogP contribution in [0.25, 0.3) is 0 Å². The van der Waals surface area contributed by atoms with Crippen LogP contribution in [0.5, 0.6) is 0 Å². The predicted octanol–water partition coefficient (Wildman–Crippen LogP) is 1.01. The summed E-state index contributed by atoms with van der Waals surface area (Å²) >= 11 is 0. The zero-order valence-electron chi connectivity index (χ0n) is 8.01. The molecular formula is C9H13N3O2. The summed E-state index contributed by atoms with van der Waals surface area (Å²) in [6.07, 6.45) is 4.09. The largest absolute Gasteiger partial charge is 0.370 e. The molecule has 2 N–H and O–H groups in total. The van der Waals surface area contributed by atoms with Crippen molar-refractivity contribution in [2.45, 2.75) is 19.8 Å². The maximum Gasteiger partial charge on any atom is 0.271 e. The quantitative estimate of drug-likeness (QED) is 0.725. The SMILES string of the molecule is CCC(CC(N)=O)C1C=CN=NC1=O. The summed E-state index contributed by atoms with van der Waals surface area (Å²) in [5.41, 5.74) is 5.09. The first-order chi connectivity index (χ1) is 6.65. The van der Waals surface area contributed by atoms with E-state index in [9.17, 15) is 9.59 Å². The molecule has 0 aromatic heterocycles. The third-order valence-corrected chi connectivity index (χ3v) is 2.30. The molecule has 0 fully saturated rings. The van der Waals surface area contributed by atoms with Crippen LogP contribution in [0.3, 0.4) is 0 Å². The van der Waals surface area contributed by atoms with E-state index in [1.165, 1.54) is 6.20 Å². The van der Waals surface area contributed by atoms with Crippen LogP contribution >= 0.6 is 0 Å². The molecule has 1 rings (SSSR count). The Kier molecular flexibility index (Phi) is 3.50. The topological polar surface area (TPSA) is 84.9 Å². The summed E-state index contributed by atoms with van der Waals surface area (Å²) in [4.78, 5) is 22.1. The molecule has 76 valence electrons. The lowest BCUT2D eigenvalue weighted by molar-refractivity contribution is -0.123. The molecule has 2 amide bonds. The molecule has 0 aromatic carbocycles. The summed E-state index contributed by atoms with van der Waals surface area (Å²) < 4.78 is 0. The number of hydrogen-bond acceptors (Lipinski definition) is 3. The van der Waals surface area contributed by atoms with Gasteiger partial charge in [-0.3, -0.25) is 9.59 Å². The highest BCUT2D eigenvalue weighted by atomic mass is 16.2. The fourth-order valence-corrected chi connectivity index (χ4v) is 1.51. The molecule has 1 aliphatic rings. The number of primary amides is 1. The Labute approximate surface area is 82.1 Å².